The lowest BCUT2D eigenvalue weighted by Crippen LogP contribution is -2.01. The predicted molar refractivity (Wildman–Crippen MR) is 201 cm³/mol. The summed E-state index contributed by atoms with van der Waals surface area (Å²) >= 11 is 0. The topological polar surface area (TPSA) is 51.8 Å². The highest BCUT2D eigenvalue weighted by molar-refractivity contribution is 6.15. The molecule has 0 saturated carbocycles. The predicted octanol–water partition coefficient (Wildman–Crippen LogP) is 11.9. The number of nitrogens with zero attached hydrogens (tertiary/aromatic N) is 3. The lowest BCUT2D eigenvalue weighted by atomic mass is 9.91. The maximum atomic E-state index is 9.23. The van der Waals surface area contributed by atoms with Crippen molar-refractivity contribution in [3.8, 4) is 45.3 Å². The summed E-state index contributed by atoms with van der Waals surface area (Å²) in [4.78, 5) is 13.9. The maximum Gasteiger partial charge on any atom is 0.164 e. The molecule has 2 aromatic heterocycles. The zero-order valence-electron chi connectivity index (χ0n) is 45.7. The van der Waals surface area contributed by atoms with Gasteiger partial charge in [-0.3, -0.25) is 0 Å². The van der Waals surface area contributed by atoms with E-state index in [1.807, 2.05) is 0 Å². The molecule has 0 atom stereocenters. The van der Waals surface area contributed by atoms with Crippen molar-refractivity contribution in [2.24, 2.45) is 0 Å². The third-order valence-corrected chi connectivity index (χ3v) is 8.09. The van der Waals surface area contributed by atoms with Crippen LogP contribution < -0.4 is 0 Å². The molecule has 0 aliphatic rings. The second-order valence-electron chi connectivity index (χ2n) is 10.8. The van der Waals surface area contributed by atoms with Crippen molar-refractivity contribution in [1.29, 1.82) is 0 Å². The summed E-state index contributed by atoms with van der Waals surface area (Å²) in [6, 6.07) is -4.55. The Morgan fingerprint density at radius 2 is 1.02 bits per heavy atom. The van der Waals surface area contributed by atoms with Gasteiger partial charge in [0, 0.05) is 27.5 Å². The first-order valence-electron chi connectivity index (χ1n) is 25.2. The number of benzene rings is 8. The van der Waals surface area contributed by atoms with Gasteiger partial charge < -0.3 is 4.42 Å². The first kappa shape index (κ1) is 13.8. The zero-order valence-corrected chi connectivity index (χ0v) is 24.7. The van der Waals surface area contributed by atoms with Crippen LogP contribution in [0.3, 0.4) is 0 Å². The Morgan fingerprint density at radius 3 is 1.90 bits per heavy atom. The number of rotatable bonds is 4. The van der Waals surface area contributed by atoms with Crippen LogP contribution in [-0.2, 0) is 0 Å². The molecule has 0 fully saturated rings. The third-order valence-electron chi connectivity index (χ3n) is 8.09. The van der Waals surface area contributed by atoms with Crippen LogP contribution in [-0.4, -0.2) is 15.0 Å². The summed E-state index contributed by atoms with van der Waals surface area (Å²) in [5.41, 5.74) is -1.55. The molecule has 0 spiro atoms. The van der Waals surface area contributed by atoms with Gasteiger partial charge in [-0.15, -0.1) is 0 Å². The van der Waals surface area contributed by atoms with Crippen LogP contribution in [0.5, 0.6) is 0 Å². The molecule has 0 saturated heterocycles. The van der Waals surface area contributed by atoms with Gasteiger partial charge in [0.25, 0.3) is 0 Å². The van der Waals surface area contributed by atoms with E-state index in [0.717, 1.165) is 0 Å². The summed E-state index contributed by atoms with van der Waals surface area (Å²) in [5.74, 6) is -1.31. The Kier molecular flexibility index (Phi) is 3.10. The second kappa shape index (κ2) is 11.0. The molecule has 4 nitrogen and oxygen atoms in total. The van der Waals surface area contributed by atoms with E-state index in [1.165, 1.54) is 18.2 Å². The summed E-state index contributed by atoms with van der Waals surface area (Å²) < 4.78 is 189. The van der Waals surface area contributed by atoms with Gasteiger partial charge in [0.15, 0.2) is 17.5 Å². The molecule has 10 rings (SSSR count). The number of para-hydroxylation sites is 1. The molecular weight excluding hydrogens is 599 g/mol. The first-order chi connectivity index (χ1) is 33.0. The summed E-state index contributed by atoms with van der Waals surface area (Å²) in [7, 11) is 0. The zero-order chi connectivity index (χ0) is 50.6. The van der Waals surface area contributed by atoms with Gasteiger partial charge in [-0.05, 0) is 55.5 Å². The van der Waals surface area contributed by atoms with Crippen LogP contribution in [0.15, 0.2) is 168 Å². The van der Waals surface area contributed by atoms with Crippen molar-refractivity contribution in [1.82, 2.24) is 15.0 Å². The molecule has 49 heavy (non-hydrogen) atoms. The fourth-order valence-electron chi connectivity index (χ4n) is 5.97. The molecule has 0 aliphatic heterocycles. The molecule has 0 radical (unpaired) electrons. The molecule has 0 unspecified atom stereocenters. The van der Waals surface area contributed by atoms with E-state index < -0.39 is 155 Å². The van der Waals surface area contributed by atoms with E-state index >= 15 is 0 Å². The van der Waals surface area contributed by atoms with E-state index in [-0.39, 0.29) is 71.2 Å². The third kappa shape index (κ3) is 4.42. The number of aromatic nitrogens is 3. The average molecular weight is 647 g/mol. The van der Waals surface area contributed by atoms with Crippen LogP contribution >= 0.6 is 0 Å². The van der Waals surface area contributed by atoms with E-state index in [4.69, 9.17) is 34.1 Å². The Morgan fingerprint density at radius 1 is 0.388 bits per heavy atom. The van der Waals surface area contributed by atoms with Crippen molar-refractivity contribution in [2.45, 2.75) is 0 Å². The Labute approximate surface area is 311 Å². The molecule has 228 valence electrons. The minimum Gasteiger partial charge on any atom is -0.456 e. The minimum atomic E-state index is -0.749. The van der Waals surface area contributed by atoms with E-state index in [9.17, 15) is 4.11 Å². The van der Waals surface area contributed by atoms with Gasteiger partial charge >= 0.3 is 0 Å². The minimum absolute atomic E-state index is 0.126. The van der Waals surface area contributed by atoms with Crippen LogP contribution in [0.4, 0.5) is 0 Å². The van der Waals surface area contributed by atoms with Crippen LogP contribution in [0.2, 0.25) is 0 Å². The van der Waals surface area contributed by atoms with Crippen LogP contribution in [0.25, 0.3) is 99.5 Å². The van der Waals surface area contributed by atoms with Crippen molar-refractivity contribution < 1.29 is 33.2 Å². The SMILES string of the molecule is [2H]c1c([2H])c([2H])c(-c2nc(-c3cccc4c(-c5c([2H])c([2H])c([2H])c6c5c([2H])c([2H])c5c([2H])c([2H])c([2H])c([2H])c56)cccc34)nc(-c3c([2H])c([2H])c([2H])c4oc5c([2H])c([2H])c([2H])c([2H])c5c34)n2)c([2H])c1[2H]. The van der Waals surface area contributed by atoms with Crippen molar-refractivity contribution in [3.05, 3.63) is 163 Å². The lowest BCUT2D eigenvalue weighted by molar-refractivity contribution is 0.669. The molecule has 0 bridgehead atoms. The molecule has 2 heterocycles. The average Bonchev–Trinajstić information content (AvgIpc) is 3.75. The molecule has 4 heteroatoms. The summed E-state index contributed by atoms with van der Waals surface area (Å²) in [6.07, 6.45) is 0. The van der Waals surface area contributed by atoms with Crippen LogP contribution in [0, 0.1) is 0 Å². The van der Waals surface area contributed by atoms with E-state index in [2.05, 4.69) is 9.97 Å². The Hall–Kier alpha value is -6.65. The van der Waals surface area contributed by atoms with Crippen LogP contribution in [0.1, 0.15) is 28.8 Å². The van der Waals surface area contributed by atoms with Crippen molar-refractivity contribution in [3.63, 3.8) is 0 Å². The van der Waals surface area contributed by atoms with Gasteiger partial charge in [-0.1, -0.05) is 151 Å². The standard InChI is InChI=1S/C45H27N3O/c1-2-13-29(14-3-1)43-46-44(48-45(47-43)39-23-11-25-41-42(39)38-16-6-7-24-40(38)49-41)37-22-10-20-33-32(18-9-21-35(33)37)34-19-8-17-31-30-15-5-4-12-28(30)26-27-36(31)34/h1-27H/i1D,2D,3D,4D,5D,6D,7D,8D,11D,12D,13D,14D,15D,16D,17D,19D,23D,24D,25D,26D,27D. The van der Waals surface area contributed by atoms with E-state index in [1.54, 1.807) is 18.2 Å². The highest BCUT2D eigenvalue weighted by Crippen LogP contribution is 2.40. The quantitative estimate of drug-likeness (QED) is 0.179. The second-order valence-corrected chi connectivity index (χ2v) is 10.8. The summed E-state index contributed by atoms with van der Waals surface area (Å²) in [6.45, 7) is 0. The van der Waals surface area contributed by atoms with Crippen molar-refractivity contribution in [2.75, 3.05) is 0 Å². The molecule has 10 aromatic rings. The highest BCUT2D eigenvalue weighted by atomic mass is 16.3. The van der Waals surface area contributed by atoms with Crippen molar-refractivity contribution >= 4 is 54.3 Å². The smallest absolute Gasteiger partial charge is 0.164 e. The Bertz CT molecular complexity index is 4070. The van der Waals surface area contributed by atoms with Gasteiger partial charge in [0.2, 0.25) is 0 Å². The normalized spacial score (nSPS) is 17.7. The highest BCUT2D eigenvalue weighted by Gasteiger charge is 2.19. The van der Waals surface area contributed by atoms with Gasteiger partial charge in [-0.25, -0.2) is 15.0 Å². The first-order valence-corrected chi connectivity index (χ1v) is 14.7. The number of hydrogen-bond donors (Lipinski definition) is 0. The molecule has 0 aliphatic carbocycles. The van der Waals surface area contributed by atoms with Gasteiger partial charge in [0.1, 0.15) is 11.2 Å². The Balaban J connectivity index is 1.34. The molecule has 0 amide bonds. The number of hydrogen-bond acceptors (Lipinski definition) is 4. The monoisotopic (exact) mass is 646 g/mol. The van der Waals surface area contributed by atoms with Gasteiger partial charge in [0.05, 0.1) is 28.8 Å². The van der Waals surface area contributed by atoms with E-state index in [0.29, 0.717) is 0 Å². The summed E-state index contributed by atoms with van der Waals surface area (Å²) in [5, 5.41) is -1.05. The lowest BCUT2D eigenvalue weighted by Gasteiger charge is -2.14. The molecule has 0 N–H and O–H groups in total. The van der Waals surface area contributed by atoms with Gasteiger partial charge in [-0.2, -0.15) is 0 Å². The number of fused-ring (bicyclic) bond motifs is 7. The fourth-order valence-corrected chi connectivity index (χ4v) is 5.97. The fraction of sp³-hybridized carbons (Fsp3) is 0. The largest absolute Gasteiger partial charge is 0.456 e. The maximum absolute atomic E-state index is 9.23. The molecule has 8 aromatic carbocycles. The molecular formula is C45H27N3O. The number of furan rings is 1.